The molecule has 1 aromatic heterocycles. The summed E-state index contributed by atoms with van der Waals surface area (Å²) in [6.45, 7) is 1.90. The van der Waals surface area contributed by atoms with Gasteiger partial charge in [0.2, 0.25) is 5.91 Å². The van der Waals surface area contributed by atoms with Crippen LogP contribution in [-0.2, 0) is 9.53 Å². The SMILES string of the molecule is CCOC(=O)c1cnc2ccc(Cl)cc2c1NCC(=O)N(C)c1ccc(Cl)cc1. The Morgan fingerprint density at radius 1 is 1.10 bits per heavy atom. The fourth-order valence-corrected chi connectivity index (χ4v) is 3.11. The Kier molecular flexibility index (Phi) is 6.56. The van der Waals surface area contributed by atoms with Gasteiger partial charge in [-0.1, -0.05) is 23.2 Å². The van der Waals surface area contributed by atoms with Crippen molar-refractivity contribution < 1.29 is 14.3 Å². The van der Waals surface area contributed by atoms with E-state index in [9.17, 15) is 9.59 Å². The topological polar surface area (TPSA) is 71.5 Å². The number of aromatic nitrogens is 1. The van der Waals surface area contributed by atoms with Crippen molar-refractivity contribution in [2.24, 2.45) is 0 Å². The van der Waals surface area contributed by atoms with Crippen molar-refractivity contribution >= 4 is 57.4 Å². The smallest absolute Gasteiger partial charge is 0.341 e. The summed E-state index contributed by atoms with van der Waals surface area (Å²) >= 11 is 12.0. The Bertz CT molecular complexity index is 1050. The number of esters is 1. The summed E-state index contributed by atoms with van der Waals surface area (Å²) in [6.07, 6.45) is 1.43. The number of anilines is 2. The minimum Gasteiger partial charge on any atom is -0.462 e. The van der Waals surface area contributed by atoms with E-state index in [1.807, 2.05) is 0 Å². The molecule has 6 nitrogen and oxygen atoms in total. The van der Waals surface area contributed by atoms with Crippen LogP contribution in [0.5, 0.6) is 0 Å². The second kappa shape index (κ2) is 9.11. The summed E-state index contributed by atoms with van der Waals surface area (Å²) < 4.78 is 5.12. The summed E-state index contributed by atoms with van der Waals surface area (Å²) in [5.74, 6) is -0.725. The molecule has 0 aliphatic rings. The average molecular weight is 432 g/mol. The molecule has 0 bridgehead atoms. The lowest BCUT2D eigenvalue weighted by atomic mass is 10.1. The first-order valence-electron chi connectivity index (χ1n) is 8.92. The van der Waals surface area contributed by atoms with Gasteiger partial charge in [-0.2, -0.15) is 0 Å². The molecule has 29 heavy (non-hydrogen) atoms. The minimum absolute atomic E-state index is 0.0445. The maximum absolute atomic E-state index is 12.7. The van der Waals surface area contributed by atoms with Crippen LogP contribution in [-0.4, -0.2) is 37.1 Å². The molecule has 0 unspecified atom stereocenters. The molecule has 3 rings (SSSR count). The molecule has 3 aromatic rings. The number of hydrogen-bond acceptors (Lipinski definition) is 5. The van der Waals surface area contributed by atoms with Gasteiger partial charge in [0.25, 0.3) is 0 Å². The molecule has 0 fully saturated rings. The van der Waals surface area contributed by atoms with E-state index < -0.39 is 5.97 Å². The van der Waals surface area contributed by atoms with Crippen molar-refractivity contribution in [3.05, 3.63) is 64.3 Å². The Labute approximate surface area is 178 Å². The molecular formula is C21H19Cl2N3O3. The van der Waals surface area contributed by atoms with Crippen molar-refractivity contribution in [3.63, 3.8) is 0 Å². The molecule has 0 atom stereocenters. The van der Waals surface area contributed by atoms with Crippen molar-refractivity contribution in [2.45, 2.75) is 6.92 Å². The van der Waals surface area contributed by atoms with Crippen LogP contribution in [0.2, 0.25) is 10.0 Å². The van der Waals surface area contributed by atoms with Crippen LogP contribution in [0.4, 0.5) is 11.4 Å². The van der Waals surface area contributed by atoms with Gasteiger partial charge in [-0.3, -0.25) is 9.78 Å². The van der Waals surface area contributed by atoms with Crippen LogP contribution >= 0.6 is 23.2 Å². The van der Waals surface area contributed by atoms with Crippen LogP contribution in [0.25, 0.3) is 10.9 Å². The second-order valence-electron chi connectivity index (χ2n) is 6.21. The van der Waals surface area contributed by atoms with E-state index in [1.54, 1.807) is 56.4 Å². The van der Waals surface area contributed by atoms with E-state index in [1.165, 1.54) is 11.1 Å². The van der Waals surface area contributed by atoms with Crippen LogP contribution in [0.15, 0.2) is 48.7 Å². The monoisotopic (exact) mass is 431 g/mol. The predicted octanol–water partition coefficient (Wildman–Crippen LogP) is 4.79. The zero-order valence-corrected chi connectivity index (χ0v) is 17.4. The Hall–Kier alpha value is -2.83. The van der Waals surface area contributed by atoms with E-state index in [-0.39, 0.29) is 24.6 Å². The number of fused-ring (bicyclic) bond motifs is 1. The number of rotatable bonds is 6. The second-order valence-corrected chi connectivity index (χ2v) is 7.08. The number of amides is 1. The highest BCUT2D eigenvalue weighted by Gasteiger charge is 2.19. The quantitative estimate of drug-likeness (QED) is 0.567. The van der Waals surface area contributed by atoms with Crippen molar-refractivity contribution in [1.82, 2.24) is 4.98 Å². The number of nitrogens with one attached hydrogen (secondary N) is 1. The van der Waals surface area contributed by atoms with Gasteiger partial charge in [-0.15, -0.1) is 0 Å². The number of carbonyl (C=O) groups excluding carboxylic acids is 2. The molecular weight excluding hydrogens is 413 g/mol. The Morgan fingerprint density at radius 3 is 2.48 bits per heavy atom. The van der Waals surface area contributed by atoms with Crippen LogP contribution in [0.1, 0.15) is 17.3 Å². The number of nitrogens with zero attached hydrogens (tertiary/aromatic N) is 2. The van der Waals surface area contributed by atoms with Gasteiger partial charge in [0.1, 0.15) is 5.56 Å². The fourth-order valence-electron chi connectivity index (χ4n) is 2.81. The average Bonchev–Trinajstić information content (AvgIpc) is 2.71. The molecule has 0 saturated carbocycles. The first kappa shape index (κ1) is 20.9. The first-order valence-corrected chi connectivity index (χ1v) is 9.67. The van der Waals surface area contributed by atoms with Gasteiger partial charge in [0.15, 0.2) is 0 Å². The van der Waals surface area contributed by atoms with Crippen molar-refractivity contribution in [2.75, 3.05) is 30.4 Å². The van der Waals surface area contributed by atoms with E-state index in [4.69, 9.17) is 27.9 Å². The number of carbonyl (C=O) groups is 2. The zero-order chi connectivity index (χ0) is 21.0. The Balaban J connectivity index is 1.90. The maximum atomic E-state index is 12.7. The van der Waals surface area contributed by atoms with Gasteiger partial charge in [-0.05, 0) is 49.4 Å². The van der Waals surface area contributed by atoms with Gasteiger partial charge in [0.05, 0.1) is 24.4 Å². The molecule has 0 aliphatic carbocycles. The molecule has 0 saturated heterocycles. The summed E-state index contributed by atoms with van der Waals surface area (Å²) in [4.78, 5) is 30.9. The largest absolute Gasteiger partial charge is 0.462 e. The van der Waals surface area contributed by atoms with Crippen LogP contribution < -0.4 is 10.2 Å². The number of halogens is 2. The van der Waals surface area contributed by atoms with Gasteiger partial charge >= 0.3 is 5.97 Å². The van der Waals surface area contributed by atoms with E-state index in [2.05, 4.69) is 10.3 Å². The van der Waals surface area contributed by atoms with Crippen LogP contribution in [0.3, 0.4) is 0 Å². The maximum Gasteiger partial charge on any atom is 0.341 e. The lowest BCUT2D eigenvalue weighted by molar-refractivity contribution is -0.116. The highest BCUT2D eigenvalue weighted by Crippen LogP contribution is 2.29. The molecule has 1 amide bonds. The summed E-state index contributed by atoms with van der Waals surface area (Å²) in [5.41, 5.74) is 2.04. The standard InChI is InChI=1S/C21H19Cl2N3O3/c1-3-29-21(28)17-11-24-18-9-6-14(23)10-16(18)20(17)25-12-19(27)26(2)15-7-4-13(22)5-8-15/h4-11H,3,12H2,1-2H3,(H,24,25). The van der Waals surface area contributed by atoms with Gasteiger partial charge in [-0.25, -0.2) is 4.79 Å². The lowest BCUT2D eigenvalue weighted by Gasteiger charge is -2.19. The molecule has 2 aromatic carbocycles. The molecule has 0 aliphatic heterocycles. The number of hydrogen-bond donors (Lipinski definition) is 1. The van der Waals surface area contributed by atoms with Gasteiger partial charge in [0, 0.05) is 34.4 Å². The summed E-state index contributed by atoms with van der Waals surface area (Å²) in [7, 11) is 1.67. The third kappa shape index (κ3) is 4.78. The predicted molar refractivity (Wildman–Crippen MR) is 116 cm³/mol. The molecule has 150 valence electrons. The first-order chi connectivity index (χ1) is 13.9. The number of benzene rings is 2. The third-order valence-electron chi connectivity index (χ3n) is 4.33. The molecule has 1 heterocycles. The number of pyridine rings is 1. The Morgan fingerprint density at radius 2 is 1.79 bits per heavy atom. The molecule has 8 heteroatoms. The van der Waals surface area contributed by atoms with Crippen LogP contribution in [0, 0.1) is 0 Å². The zero-order valence-electron chi connectivity index (χ0n) is 15.9. The van der Waals surface area contributed by atoms with Crippen molar-refractivity contribution in [3.8, 4) is 0 Å². The molecule has 0 spiro atoms. The highest BCUT2D eigenvalue weighted by molar-refractivity contribution is 6.31. The van der Waals surface area contributed by atoms with Crippen molar-refractivity contribution in [1.29, 1.82) is 0 Å². The molecule has 1 N–H and O–H groups in total. The van der Waals surface area contributed by atoms with Gasteiger partial charge < -0.3 is 15.0 Å². The number of ether oxygens (including phenoxy) is 1. The third-order valence-corrected chi connectivity index (χ3v) is 4.82. The normalized spacial score (nSPS) is 10.6. The van der Waals surface area contributed by atoms with E-state index >= 15 is 0 Å². The highest BCUT2D eigenvalue weighted by atomic mass is 35.5. The van der Waals surface area contributed by atoms with E-state index in [0.717, 1.165) is 0 Å². The molecule has 0 radical (unpaired) electrons. The number of likely N-dealkylation sites (N-methyl/N-ethyl adjacent to an activating group) is 1. The lowest BCUT2D eigenvalue weighted by Crippen LogP contribution is -2.32. The fraction of sp³-hybridized carbons (Fsp3) is 0.190. The van der Waals surface area contributed by atoms with E-state index in [0.29, 0.717) is 32.3 Å². The summed E-state index contributed by atoms with van der Waals surface area (Å²) in [5, 5.41) is 4.78. The minimum atomic E-state index is -0.525. The summed E-state index contributed by atoms with van der Waals surface area (Å²) in [6, 6.07) is 12.1.